The highest BCUT2D eigenvalue weighted by atomic mass is 32.1. The van der Waals surface area contributed by atoms with Crippen molar-refractivity contribution in [3.63, 3.8) is 0 Å². The lowest BCUT2D eigenvalue weighted by atomic mass is 10.2. The minimum absolute atomic E-state index is 0.0245. The Bertz CT molecular complexity index is 870. The molecule has 1 amide bonds. The van der Waals surface area contributed by atoms with Crippen LogP contribution >= 0.6 is 11.3 Å². The summed E-state index contributed by atoms with van der Waals surface area (Å²) in [6, 6.07) is 14.5. The van der Waals surface area contributed by atoms with E-state index in [0.29, 0.717) is 12.6 Å². The quantitative estimate of drug-likeness (QED) is 0.681. The highest BCUT2D eigenvalue weighted by molar-refractivity contribution is 7.21. The molecular formula is C20H23N3OS. The number of hydrogen-bond donors (Lipinski definition) is 2. The number of fused-ring (bicyclic) bond motifs is 1. The lowest BCUT2D eigenvalue weighted by Gasteiger charge is -2.11. The van der Waals surface area contributed by atoms with Crippen LogP contribution in [0.3, 0.4) is 0 Å². The van der Waals surface area contributed by atoms with Crippen molar-refractivity contribution in [3.05, 3.63) is 48.0 Å². The molecule has 2 N–H and O–H groups in total. The van der Waals surface area contributed by atoms with E-state index in [1.807, 2.05) is 24.3 Å². The monoisotopic (exact) mass is 353 g/mol. The molecule has 0 aliphatic heterocycles. The van der Waals surface area contributed by atoms with E-state index in [2.05, 4.69) is 49.6 Å². The van der Waals surface area contributed by atoms with Crippen molar-refractivity contribution in [2.24, 2.45) is 0 Å². The van der Waals surface area contributed by atoms with Gasteiger partial charge in [-0.15, -0.1) is 11.3 Å². The molecule has 1 atom stereocenters. The number of aryl methyl sites for hydroxylation is 1. The minimum atomic E-state index is -0.0245. The maximum Gasteiger partial charge on any atom is 0.238 e. The Hall–Kier alpha value is -2.24. The van der Waals surface area contributed by atoms with Gasteiger partial charge in [0.2, 0.25) is 5.91 Å². The molecule has 0 spiro atoms. The van der Waals surface area contributed by atoms with Gasteiger partial charge in [0.15, 0.2) is 0 Å². The zero-order valence-corrected chi connectivity index (χ0v) is 15.6. The van der Waals surface area contributed by atoms with Crippen molar-refractivity contribution in [2.45, 2.75) is 33.2 Å². The normalized spacial score (nSPS) is 12.3. The predicted octanol–water partition coefficient (Wildman–Crippen LogP) is 4.60. The number of carbonyl (C=O) groups excluding carboxylic acids is 1. The van der Waals surface area contributed by atoms with Gasteiger partial charge >= 0.3 is 0 Å². The molecule has 5 heteroatoms. The maximum atomic E-state index is 12.0. The topological polar surface area (TPSA) is 54.0 Å². The Balaban J connectivity index is 1.68. The van der Waals surface area contributed by atoms with Crippen molar-refractivity contribution in [2.75, 3.05) is 11.9 Å². The van der Waals surface area contributed by atoms with Gasteiger partial charge in [-0.25, -0.2) is 4.98 Å². The van der Waals surface area contributed by atoms with Gasteiger partial charge in [0.25, 0.3) is 0 Å². The Kier molecular flexibility index (Phi) is 5.46. The van der Waals surface area contributed by atoms with Crippen molar-refractivity contribution >= 4 is 33.1 Å². The molecule has 2 aromatic carbocycles. The number of hydrogen-bond acceptors (Lipinski definition) is 4. The van der Waals surface area contributed by atoms with E-state index >= 15 is 0 Å². The van der Waals surface area contributed by atoms with Gasteiger partial charge in [-0.05, 0) is 62.2 Å². The number of thiazole rings is 1. The van der Waals surface area contributed by atoms with Crippen LogP contribution in [0.25, 0.3) is 20.8 Å². The summed E-state index contributed by atoms with van der Waals surface area (Å²) in [4.78, 5) is 16.6. The minimum Gasteiger partial charge on any atom is -0.325 e. The highest BCUT2D eigenvalue weighted by Crippen LogP contribution is 2.31. The van der Waals surface area contributed by atoms with Crippen molar-refractivity contribution in [3.8, 4) is 10.6 Å². The molecule has 0 radical (unpaired) electrons. The Morgan fingerprint density at radius 2 is 1.96 bits per heavy atom. The van der Waals surface area contributed by atoms with Crippen LogP contribution in [0, 0.1) is 6.92 Å². The fourth-order valence-corrected chi connectivity index (χ4v) is 3.54. The number of carbonyl (C=O) groups is 1. The van der Waals surface area contributed by atoms with Gasteiger partial charge < -0.3 is 10.6 Å². The second-order valence-electron chi connectivity index (χ2n) is 6.31. The maximum absolute atomic E-state index is 12.0. The van der Waals surface area contributed by atoms with Gasteiger partial charge in [0, 0.05) is 17.3 Å². The van der Waals surface area contributed by atoms with E-state index in [9.17, 15) is 4.79 Å². The van der Waals surface area contributed by atoms with E-state index in [-0.39, 0.29) is 5.91 Å². The molecule has 25 heavy (non-hydrogen) atoms. The fraction of sp³-hybridized carbons (Fsp3) is 0.300. The number of aromatic nitrogens is 1. The summed E-state index contributed by atoms with van der Waals surface area (Å²) < 4.78 is 1.20. The van der Waals surface area contributed by atoms with Gasteiger partial charge in [0.05, 0.1) is 16.8 Å². The molecule has 3 rings (SSSR count). The third kappa shape index (κ3) is 4.44. The predicted molar refractivity (Wildman–Crippen MR) is 106 cm³/mol. The van der Waals surface area contributed by atoms with Crippen molar-refractivity contribution in [1.29, 1.82) is 0 Å². The number of rotatable bonds is 6. The molecule has 0 aliphatic rings. The molecule has 3 aromatic rings. The van der Waals surface area contributed by atoms with Crippen LogP contribution in [-0.4, -0.2) is 23.5 Å². The zero-order chi connectivity index (χ0) is 17.8. The zero-order valence-electron chi connectivity index (χ0n) is 14.8. The van der Waals surface area contributed by atoms with E-state index < -0.39 is 0 Å². The average Bonchev–Trinajstić information content (AvgIpc) is 3.03. The first kappa shape index (κ1) is 17.6. The SMILES string of the molecule is CC[C@H](C)NCC(=O)Nc1ccc(-c2nc3ccc(C)cc3s2)cc1. The first-order valence-corrected chi connectivity index (χ1v) is 9.37. The largest absolute Gasteiger partial charge is 0.325 e. The summed E-state index contributed by atoms with van der Waals surface area (Å²) in [6.45, 7) is 6.58. The van der Waals surface area contributed by atoms with Crippen LogP contribution in [0.1, 0.15) is 25.8 Å². The van der Waals surface area contributed by atoms with E-state index in [1.54, 1.807) is 11.3 Å². The molecule has 4 nitrogen and oxygen atoms in total. The second-order valence-corrected chi connectivity index (χ2v) is 7.34. The number of nitrogens with zero attached hydrogens (tertiary/aromatic N) is 1. The van der Waals surface area contributed by atoms with Crippen molar-refractivity contribution < 1.29 is 4.79 Å². The number of benzene rings is 2. The van der Waals surface area contributed by atoms with E-state index in [0.717, 1.165) is 28.2 Å². The lowest BCUT2D eigenvalue weighted by molar-refractivity contribution is -0.115. The van der Waals surface area contributed by atoms with E-state index in [4.69, 9.17) is 4.98 Å². The Morgan fingerprint density at radius 1 is 1.20 bits per heavy atom. The Morgan fingerprint density at radius 3 is 2.68 bits per heavy atom. The van der Waals surface area contributed by atoms with Crippen LogP contribution in [0.2, 0.25) is 0 Å². The van der Waals surface area contributed by atoms with Crippen LogP contribution in [0.4, 0.5) is 5.69 Å². The molecule has 1 aromatic heterocycles. The molecule has 130 valence electrons. The fourth-order valence-electron chi connectivity index (χ4n) is 2.47. The highest BCUT2D eigenvalue weighted by Gasteiger charge is 2.08. The number of anilines is 1. The smallest absolute Gasteiger partial charge is 0.238 e. The molecule has 0 saturated carbocycles. The summed E-state index contributed by atoms with van der Waals surface area (Å²) >= 11 is 1.69. The molecular weight excluding hydrogens is 330 g/mol. The third-order valence-electron chi connectivity index (χ3n) is 4.18. The molecule has 0 unspecified atom stereocenters. The molecule has 0 bridgehead atoms. The second kappa shape index (κ2) is 7.76. The summed E-state index contributed by atoms with van der Waals surface area (Å²) in [5.74, 6) is -0.0245. The number of nitrogens with one attached hydrogen (secondary N) is 2. The van der Waals surface area contributed by atoms with Crippen molar-refractivity contribution in [1.82, 2.24) is 10.3 Å². The third-order valence-corrected chi connectivity index (χ3v) is 5.25. The standard InChI is InChI=1S/C20H23N3OS/c1-4-14(3)21-12-19(24)22-16-8-6-15(7-9-16)20-23-17-10-5-13(2)11-18(17)25-20/h5-11,14,21H,4,12H2,1-3H3,(H,22,24)/t14-/m0/s1. The van der Waals surface area contributed by atoms with Crippen LogP contribution in [0.5, 0.6) is 0 Å². The van der Waals surface area contributed by atoms with E-state index in [1.165, 1.54) is 10.3 Å². The average molecular weight is 353 g/mol. The number of amides is 1. The van der Waals surface area contributed by atoms with Crippen LogP contribution < -0.4 is 10.6 Å². The van der Waals surface area contributed by atoms with Gasteiger partial charge in [-0.2, -0.15) is 0 Å². The van der Waals surface area contributed by atoms with Crippen LogP contribution in [-0.2, 0) is 4.79 Å². The first-order chi connectivity index (χ1) is 12.0. The summed E-state index contributed by atoms with van der Waals surface area (Å²) in [5.41, 5.74) is 4.14. The summed E-state index contributed by atoms with van der Waals surface area (Å²) in [5, 5.41) is 7.10. The molecule has 0 aliphatic carbocycles. The van der Waals surface area contributed by atoms with Gasteiger partial charge in [-0.1, -0.05) is 13.0 Å². The van der Waals surface area contributed by atoms with Gasteiger partial charge in [-0.3, -0.25) is 4.79 Å². The van der Waals surface area contributed by atoms with Crippen LogP contribution in [0.15, 0.2) is 42.5 Å². The Labute approximate surface area is 152 Å². The lowest BCUT2D eigenvalue weighted by Crippen LogP contribution is -2.33. The molecule has 0 fully saturated rings. The summed E-state index contributed by atoms with van der Waals surface area (Å²) in [7, 11) is 0. The summed E-state index contributed by atoms with van der Waals surface area (Å²) in [6.07, 6.45) is 1.00. The molecule has 0 saturated heterocycles. The molecule has 1 heterocycles. The first-order valence-electron chi connectivity index (χ1n) is 8.56. The van der Waals surface area contributed by atoms with Gasteiger partial charge in [0.1, 0.15) is 5.01 Å².